The van der Waals surface area contributed by atoms with Crippen LogP contribution in [0.4, 0.5) is 0 Å². The molecule has 170 valence electrons. The fourth-order valence-corrected chi connectivity index (χ4v) is 4.13. The minimum absolute atomic E-state index is 0. The van der Waals surface area contributed by atoms with Gasteiger partial charge in [-0.05, 0) is 50.1 Å². The lowest BCUT2D eigenvalue weighted by molar-refractivity contribution is 0.0590. The number of carbonyl (C=O) groups is 1. The van der Waals surface area contributed by atoms with Crippen molar-refractivity contribution < 1.29 is 13.9 Å². The summed E-state index contributed by atoms with van der Waals surface area (Å²) in [7, 11) is 0. The lowest BCUT2D eigenvalue weighted by Gasteiger charge is -2.32. The van der Waals surface area contributed by atoms with Crippen molar-refractivity contribution in [2.24, 2.45) is 0 Å². The third-order valence-corrected chi connectivity index (χ3v) is 5.76. The second-order valence-corrected chi connectivity index (χ2v) is 7.83. The molecule has 2 aliphatic heterocycles. The van der Waals surface area contributed by atoms with Gasteiger partial charge in [-0.3, -0.25) is 9.78 Å². The van der Waals surface area contributed by atoms with Crippen molar-refractivity contribution >= 4 is 30.7 Å². The van der Waals surface area contributed by atoms with Crippen LogP contribution in [0.15, 0.2) is 39.8 Å². The molecule has 31 heavy (non-hydrogen) atoms. The zero-order chi connectivity index (χ0) is 20.2. The van der Waals surface area contributed by atoms with Crippen LogP contribution in [0.3, 0.4) is 0 Å². The Balaban J connectivity index is 0.00000171. The van der Waals surface area contributed by atoms with E-state index in [0.717, 1.165) is 44.5 Å². The molecule has 7 nitrogen and oxygen atoms in total. The number of carbonyl (C=O) groups excluding carboxylic acids is 1. The molecule has 2 saturated heterocycles. The van der Waals surface area contributed by atoms with E-state index in [1.165, 1.54) is 0 Å². The van der Waals surface area contributed by atoms with E-state index in [0.29, 0.717) is 24.4 Å². The molecule has 2 aliphatic rings. The normalized spacial score (nSPS) is 19.1. The van der Waals surface area contributed by atoms with E-state index < -0.39 is 5.63 Å². The van der Waals surface area contributed by atoms with E-state index >= 15 is 0 Å². The van der Waals surface area contributed by atoms with Gasteiger partial charge in [0.1, 0.15) is 23.2 Å². The number of amides is 1. The van der Waals surface area contributed by atoms with Crippen LogP contribution in [-0.4, -0.2) is 48.1 Å². The summed E-state index contributed by atoms with van der Waals surface area (Å²) in [5.74, 6) is 1.42. The van der Waals surface area contributed by atoms with Crippen LogP contribution in [0.2, 0.25) is 0 Å². The highest BCUT2D eigenvalue weighted by atomic mass is 35.5. The molecule has 9 heteroatoms. The van der Waals surface area contributed by atoms with Crippen LogP contribution in [-0.2, 0) is 0 Å². The molecule has 1 unspecified atom stereocenters. The van der Waals surface area contributed by atoms with E-state index in [2.05, 4.69) is 10.3 Å². The number of hydrogen-bond donors (Lipinski definition) is 1. The summed E-state index contributed by atoms with van der Waals surface area (Å²) < 4.78 is 11.5. The van der Waals surface area contributed by atoms with Gasteiger partial charge >= 0.3 is 5.63 Å². The Kier molecular flexibility index (Phi) is 9.34. The third-order valence-electron chi connectivity index (χ3n) is 5.76. The van der Waals surface area contributed by atoms with Crippen LogP contribution >= 0.6 is 24.8 Å². The van der Waals surface area contributed by atoms with E-state index in [1.807, 2.05) is 25.1 Å². The number of likely N-dealkylation sites (tertiary alicyclic amines) is 1. The van der Waals surface area contributed by atoms with Crippen LogP contribution in [0.1, 0.15) is 53.3 Å². The SMILES string of the molecule is Cc1cc(C2CCCNC2)oc(=O)c1C(=O)N1CCC(Oc2ccncc2)CC1.Cl.Cl. The smallest absolute Gasteiger partial charge is 0.349 e. The molecule has 2 aromatic rings. The average Bonchev–Trinajstić information content (AvgIpc) is 2.75. The summed E-state index contributed by atoms with van der Waals surface area (Å²) in [6.45, 7) is 4.74. The lowest BCUT2D eigenvalue weighted by atomic mass is 9.95. The van der Waals surface area contributed by atoms with Gasteiger partial charge < -0.3 is 19.4 Å². The molecule has 2 fully saturated rings. The molecule has 4 heterocycles. The number of ether oxygens (including phenoxy) is 1. The van der Waals surface area contributed by atoms with Gasteiger partial charge in [0.05, 0.1) is 0 Å². The minimum atomic E-state index is -0.522. The number of aryl methyl sites for hydroxylation is 1. The van der Waals surface area contributed by atoms with Gasteiger partial charge in [-0.25, -0.2) is 4.79 Å². The maximum absolute atomic E-state index is 13.0. The van der Waals surface area contributed by atoms with Crippen molar-refractivity contribution in [3.63, 3.8) is 0 Å². The maximum Gasteiger partial charge on any atom is 0.349 e. The zero-order valence-electron chi connectivity index (χ0n) is 17.5. The first-order chi connectivity index (χ1) is 14.1. The van der Waals surface area contributed by atoms with Crippen LogP contribution < -0.4 is 15.7 Å². The van der Waals surface area contributed by atoms with Crippen molar-refractivity contribution in [1.82, 2.24) is 15.2 Å². The Morgan fingerprint density at radius 2 is 1.90 bits per heavy atom. The Bertz CT molecular complexity index is 909. The second kappa shape index (κ2) is 11.5. The third kappa shape index (κ3) is 5.99. The molecule has 1 amide bonds. The number of nitrogens with zero attached hydrogens (tertiary/aromatic N) is 2. The monoisotopic (exact) mass is 469 g/mol. The molecule has 0 saturated carbocycles. The first-order valence-corrected chi connectivity index (χ1v) is 10.3. The second-order valence-electron chi connectivity index (χ2n) is 7.83. The number of pyridine rings is 1. The number of nitrogens with one attached hydrogen (secondary N) is 1. The number of halogens is 2. The Morgan fingerprint density at radius 1 is 1.19 bits per heavy atom. The Hall–Kier alpha value is -2.09. The summed E-state index contributed by atoms with van der Waals surface area (Å²) in [4.78, 5) is 31.3. The highest BCUT2D eigenvalue weighted by Gasteiger charge is 2.29. The fourth-order valence-electron chi connectivity index (χ4n) is 4.13. The van der Waals surface area contributed by atoms with Gasteiger partial charge in [0.15, 0.2) is 0 Å². The first kappa shape index (κ1) is 25.2. The predicted octanol–water partition coefficient (Wildman–Crippen LogP) is 3.34. The molecule has 4 rings (SSSR count). The van der Waals surface area contributed by atoms with E-state index in [4.69, 9.17) is 9.15 Å². The van der Waals surface area contributed by atoms with Crippen molar-refractivity contribution in [3.05, 3.63) is 57.9 Å². The van der Waals surface area contributed by atoms with Crippen molar-refractivity contribution in [2.75, 3.05) is 26.2 Å². The Morgan fingerprint density at radius 3 is 2.52 bits per heavy atom. The fraction of sp³-hybridized carbons (Fsp3) is 0.500. The summed E-state index contributed by atoms with van der Waals surface area (Å²) in [5, 5.41) is 3.33. The molecular weight excluding hydrogens is 441 g/mol. The Labute approximate surface area is 194 Å². The molecule has 0 spiro atoms. The topological polar surface area (TPSA) is 84.7 Å². The van der Waals surface area contributed by atoms with Gasteiger partial charge in [0.2, 0.25) is 0 Å². The number of piperidine rings is 2. The first-order valence-electron chi connectivity index (χ1n) is 10.3. The lowest BCUT2D eigenvalue weighted by Crippen LogP contribution is -2.43. The maximum atomic E-state index is 13.0. The summed E-state index contributed by atoms with van der Waals surface area (Å²) in [6, 6.07) is 5.52. The molecule has 0 bridgehead atoms. The summed E-state index contributed by atoms with van der Waals surface area (Å²) in [6.07, 6.45) is 6.96. The van der Waals surface area contributed by atoms with Gasteiger partial charge in [-0.15, -0.1) is 24.8 Å². The standard InChI is InChI=1S/C22H27N3O4.2ClH/c1-15-13-19(16-3-2-8-24-14-16)29-22(27)20(15)21(26)25-11-6-18(7-12-25)28-17-4-9-23-10-5-17;;/h4-5,9-10,13,16,18,24H,2-3,6-8,11-12,14H2,1H3;2*1H. The van der Waals surface area contributed by atoms with Gasteiger partial charge in [-0.2, -0.15) is 0 Å². The molecule has 1 atom stereocenters. The predicted molar refractivity (Wildman–Crippen MR) is 123 cm³/mol. The van der Waals surface area contributed by atoms with Crippen molar-refractivity contribution in [3.8, 4) is 5.75 Å². The van der Waals surface area contributed by atoms with Crippen LogP contribution in [0.25, 0.3) is 0 Å². The largest absolute Gasteiger partial charge is 0.490 e. The van der Waals surface area contributed by atoms with Gasteiger partial charge in [0, 0.05) is 50.8 Å². The molecule has 1 N–H and O–H groups in total. The van der Waals surface area contributed by atoms with Crippen LogP contribution in [0.5, 0.6) is 5.75 Å². The average molecular weight is 470 g/mol. The number of aromatic nitrogens is 1. The van der Waals surface area contributed by atoms with E-state index in [1.54, 1.807) is 17.3 Å². The molecule has 0 aromatic carbocycles. The van der Waals surface area contributed by atoms with Gasteiger partial charge in [0.25, 0.3) is 5.91 Å². The molecule has 0 aliphatic carbocycles. The van der Waals surface area contributed by atoms with Crippen LogP contribution in [0, 0.1) is 6.92 Å². The highest BCUT2D eigenvalue weighted by molar-refractivity contribution is 5.95. The zero-order valence-corrected chi connectivity index (χ0v) is 19.2. The highest BCUT2D eigenvalue weighted by Crippen LogP contribution is 2.25. The number of hydrogen-bond acceptors (Lipinski definition) is 6. The summed E-state index contributed by atoms with van der Waals surface area (Å²) >= 11 is 0. The molecular formula is C22H29Cl2N3O4. The van der Waals surface area contributed by atoms with Crippen molar-refractivity contribution in [1.29, 1.82) is 0 Å². The molecule has 2 aromatic heterocycles. The van der Waals surface area contributed by atoms with Crippen molar-refractivity contribution in [2.45, 2.75) is 44.6 Å². The minimum Gasteiger partial charge on any atom is -0.490 e. The van der Waals surface area contributed by atoms with Gasteiger partial charge in [-0.1, -0.05) is 0 Å². The van der Waals surface area contributed by atoms with E-state index in [-0.39, 0.29) is 48.3 Å². The quantitative estimate of drug-likeness (QED) is 0.738. The number of rotatable bonds is 4. The summed E-state index contributed by atoms with van der Waals surface area (Å²) in [5.41, 5.74) is 0.332. The van der Waals surface area contributed by atoms with E-state index in [9.17, 15) is 9.59 Å². The molecule has 0 radical (unpaired) electrons.